The summed E-state index contributed by atoms with van der Waals surface area (Å²) in [6.07, 6.45) is 1.55. The van der Waals surface area contributed by atoms with Gasteiger partial charge in [-0.1, -0.05) is 0 Å². The molecule has 3 rings (SSSR count). The predicted octanol–water partition coefficient (Wildman–Crippen LogP) is 1.44. The molecule has 0 radical (unpaired) electrons. The lowest BCUT2D eigenvalue weighted by atomic mass is 10.3. The summed E-state index contributed by atoms with van der Waals surface area (Å²) in [5, 5.41) is 17.3. The van der Waals surface area contributed by atoms with E-state index in [1.165, 1.54) is 12.1 Å². The number of nitro groups is 1. The Bertz CT molecular complexity index is 744. The summed E-state index contributed by atoms with van der Waals surface area (Å²) in [5.74, 6) is 0.476. The Hall–Kier alpha value is -2.90. The van der Waals surface area contributed by atoms with E-state index in [4.69, 9.17) is 5.73 Å². The van der Waals surface area contributed by atoms with E-state index in [2.05, 4.69) is 20.2 Å². The van der Waals surface area contributed by atoms with Crippen LogP contribution in [0.1, 0.15) is 0 Å². The quantitative estimate of drug-likeness (QED) is 0.464. The predicted molar refractivity (Wildman–Crippen MR) is 64.7 cm³/mol. The lowest BCUT2D eigenvalue weighted by molar-refractivity contribution is -0.384. The van der Waals surface area contributed by atoms with Gasteiger partial charge in [0.1, 0.15) is 0 Å². The maximum absolute atomic E-state index is 10.7. The van der Waals surface area contributed by atoms with Gasteiger partial charge >= 0.3 is 0 Å². The minimum Gasteiger partial charge on any atom is -0.396 e. The van der Waals surface area contributed by atoms with Crippen LogP contribution in [0.25, 0.3) is 22.6 Å². The van der Waals surface area contributed by atoms with Gasteiger partial charge in [-0.05, 0) is 6.07 Å². The molecule has 0 unspecified atom stereocenters. The molecule has 0 aliphatic carbocycles. The fourth-order valence-electron chi connectivity index (χ4n) is 1.71. The van der Waals surface area contributed by atoms with Gasteiger partial charge < -0.3 is 10.7 Å². The minimum atomic E-state index is -0.462. The Morgan fingerprint density at radius 1 is 1.39 bits per heavy atom. The molecule has 0 saturated heterocycles. The van der Waals surface area contributed by atoms with Crippen LogP contribution in [0.5, 0.6) is 0 Å². The van der Waals surface area contributed by atoms with Crippen molar-refractivity contribution in [2.24, 2.45) is 0 Å². The summed E-state index contributed by atoms with van der Waals surface area (Å²) in [7, 11) is 0. The van der Waals surface area contributed by atoms with Gasteiger partial charge in [0.05, 0.1) is 21.6 Å². The van der Waals surface area contributed by atoms with E-state index in [-0.39, 0.29) is 5.69 Å². The van der Waals surface area contributed by atoms with Gasteiger partial charge in [0.2, 0.25) is 0 Å². The van der Waals surface area contributed by atoms with Gasteiger partial charge in [-0.25, -0.2) is 4.98 Å². The molecule has 0 bridgehead atoms. The highest BCUT2D eigenvalue weighted by molar-refractivity contribution is 5.82. The van der Waals surface area contributed by atoms with Crippen molar-refractivity contribution in [1.82, 2.24) is 20.2 Å². The second-order valence-corrected chi connectivity index (χ2v) is 3.73. The molecule has 8 heteroatoms. The zero-order valence-electron chi connectivity index (χ0n) is 9.04. The molecule has 0 fully saturated rings. The number of H-pyrrole nitrogens is 2. The van der Waals surface area contributed by atoms with E-state index < -0.39 is 4.92 Å². The summed E-state index contributed by atoms with van der Waals surface area (Å²) in [4.78, 5) is 17.4. The van der Waals surface area contributed by atoms with E-state index in [9.17, 15) is 10.1 Å². The summed E-state index contributed by atoms with van der Waals surface area (Å²) in [6.45, 7) is 0. The Labute approximate surface area is 100.0 Å². The average molecular weight is 244 g/mol. The third-order valence-corrected chi connectivity index (χ3v) is 2.57. The lowest BCUT2D eigenvalue weighted by Crippen LogP contribution is -1.88. The molecular formula is C10H8N6O2. The van der Waals surface area contributed by atoms with Crippen LogP contribution in [0, 0.1) is 10.1 Å². The van der Waals surface area contributed by atoms with Gasteiger partial charge in [0, 0.05) is 18.3 Å². The number of imidazole rings is 1. The van der Waals surface area contributed by atoms with Crippen LogP contribution in [0.15, 0.2) is 24.4 Å². The van der Waals surface area contributed by atoms with Crippen LogP contribution in [-0.4, -0.2) is 25.1 Å². The number of nitrogen functional groups attached to an aromatic ring is 1. The fourth-order valence-corrected chi connectivity index (χ4v) is 1.71. The van der Waals surface area contributed by atoms with Crippen molar-refractivity contribution in [1.29, 1.82) is 0 Å². The highest BCUT2D eigenvalue weighted by atomic mass is 16.6. The molecule has 0 atom stereocenters. The summed E-state index contributed by atoms with van der Waals surface area (Å²) in [5.41, 5.74) is 7.86. The molecule has 18 heavy (non-hydrogen) atoms. The van der Waals surface area contributed by atoms with Crippen molar-refractivity contribution in [3.8, 4) is 11.5 Å². The molecule has 8 nitrogen and oxygen atoms in total. The molecule has 0 amide bonds. The van der Waals surface area contributed by atoms with Crippen LogP contribution in [0.3, 0.4) is 0 Å². The molecule has 2 heterocycles. The molecule has 0 aliphatic rings. The lowest BCUT2D eigenvalue weighted by Gasteiger charge is -1.89. The topological polar surface area (TPSA) is 127 Å². The number of nitrogens with zero attached hydrogens (tertiary/aromatic N) is 3. The third-order valence-electron chi connectivity index (χ3n) is 2.57. The van der Waals surface area contributed by atoms with Crippen molar-refractivity contribution >= 4 is 22.4 Å². The Kier molecular flexibility index (Phi) is 2.03. The van der Waals surface area contributed by atoms with Crippen LogP contribution in [0.2, 0.25) is 0 Å². The molecule has 4 N–H and O–H groups in total. The number of anilines is 1. The van der Waals surface area contributed by atoms with Crippen LogP contribution >= 0.6 is 0 Å². The largest absolute Gasteiger partial charge is 0.396 e. The monoisotopic (exact) mass is 244 g/mol. The molecule has 0 aliphatic heterocycles. The number of nitrogens with one attached hydrogen (secondary N) is 2. The van der Waals surface area contributed by atoms with Crippen LogP contribution < -0.4 is 5.73 Å². The number of aromatic nitrogens is 4. The highest BCUT2D eigenvalue weighted by Crippen LogP contribution is 2.25. The Balaban J connectivity index is 2.17. The van der Waals surface area contributed by atoms with Gasteiger partial charge in [-0.2, -0.15) is 5.10 Å². The van der Waals surface area contributed by atoms with Crippen LogP contribution in [-0.2, 0) is 0 Å². The Morgan fingerprint density at radius 2 is 2.22 bits per heavy atom. The second-order valence-electron chi connectivity index (χ2n) is 3.73. The summed E-state index contributed by atoms with van der Waals surface area (Å²) >= 11 is 0. The smallest absolute Gasteiger partial charge is 0.271 e. The minimum absolute atomic E-state index is 0.00412. The number of nitrogens with two attached hydrogens (primary N) is 1. The van der Waals surface area contributed by atoms with E-state index in [1.54, 1.807) is 12.3 Å². The normalized spacial score (nSPS) is 10.9. The van der Waals surface area contributed by atoms with Gasteiger partial charge in [-0.15, -0.1) is 0 Å². The zero-order chi connectivity index (χ0) is 12.7. The van der Waals surface area contributed by atoms with Crippen LogP contribution in [0.4, 0.5) is 11.4 Å². The van der Waals surface area contributed by atoms with Crippen molar-refractivity contribution in [2.45, 2.75) is 0 Å². The van der Waals surface area contributed by atoms with Gasteiger partial charge in [0.25, 0.3) is 5.69 Å². The van der Waals surface area contributed by atoms with Gasteiger partial charge in [0.15, 0.2) is 11.5 Å². The maximum atomic E-state index is 10.7. The van der Waals surface area contributed by atoms with E-state index in [0.29, 0.717) is 28.2 Å². The van der Waals surface area contributed by atoms with E-state index >= 15 is 0 Å². The van der Waals surface area contributed by atoms with E-state index in [1.807, 2.05) is 0 Å². The first-order chi connectivity index (χ1) is 8.65. The number of rotatable bonds is 2. The molecular weight excluding hydrogens is 236 g/mol. The van der Waals surface area contributed by atoms with Crippen molar-refractivity contribution in [3.05, 3.63) is 34.5 Å². The highest BCUT2D eigenvalue weighted by Gasteiger charge is 2.13. The molecule has 3 aromatic rings. The number of hydrogen-bond donors (Lipinski definition) is 3. The van der Waals surface area contributed by atoms with Crippen molar-refractivity contribution in [2.75, 3.05) is 5.73 Å². The third kappa shape index (κ3) is 1.47. The van der Waals surface area contributed by atoms with Gasteiger partial charge in [-0.3, -0.25) is 15.2 Å². The molecule has 0 spiro atoms. The first kappa shape index (κ1) is 10.3. The Morgan fingerprint density at radius 3 is 2.89 bits per heavy atom. The second kappa shape index (κ2) is 3.55. The molecule has 90 valence electrons. The number of nitro benzene ring substituents is 1. The summed E-state index contributed by atoms with van der Waals surface area (Å²) < 4.78 is 0. The maximum Gasteiger partial charge on any atom is 0.271 e. The van der Waals surface area contributed by atoms with Crippen molar-refractivity contribution < 1.29 is 4.92 Å². The standard InChI is InChI=1S/C10H8N6O2/c11-6-4-12-15-9(6)10-13-7-2-1-5(16(17)18)3-8(7)14-10/h1-4H,11H2,(H,12,15)(H,13,14). The molecule has 1 aromatic carbocycles. The average Bonchev–Trinajstić information content (AvgIpc) is 2.92. The van der Waals surface area contributed by atoms with E-state index in [0.717, 1.165) is 0 Å². The summed E-state index contributed by atoms with van der Waals surface area (Å²) in [6, 6.07) is 4.42. The number of non-ortho nitro benzene ring substituents is 1. The number of hydrogen-bond acceptors (Lipinski definition) is 5. The molecule has 2 aromatic heterocycles. The SMILES string of the molecule is Nc1c[nH]nc1-c1nc2cc([N+](=O)[O-])ccc2[nH]1. The molecule has 0 saturated carbocycles. The first-order valence-corrected chi connectivity index (χ1v) is 5.09. The number of benzene rings is 1. The number of aromatic amines is 2. The van der Waals surface area contributed by atoms with Crippen molar-refractivity contribution in [3.63, 3.8) is 0 Å². The first-order valence-electron chi connectivity index (χ1n) is 5.09. The zero-order valence-corrected chi connectivity index (χ0v) is 9.04. The fraction of sp³-hybridized carbons (Fsp3) is 0. The number of fused-ring (bicyclic) bond motifs is 1.